The van der Waals surface area contributed by atoms with E-state index in [1.807, 2.05) is 30.3 Å². The second-order valence-corrected chi connectivity index (χ2v) is 3.56. The molecule has 0 aromatic heterocycles. The van der Waals surface area contributed by atoms with E-state index in [9.17, 15) is 9.59 Å². The molecule has 0 spiro atoms. The van der Waals surface area contributed by atoms with Gasteiger partial charge in [-0.2, -0.15) is 4.99 Å². The zero-order valence-corrected chi connectivity index (χ0v) is 9.01. The maximum absolute atomic E-state index is 11.2. The molecule has 84 valence electrons. The molecule has 0 aliphatic heterocycles. The van der Waals surface area contributed by atoms with Crippen molar-refractivity contribution < 1.29 is 14.7 Å². The quantitative estimate of drug-likeness (QED) is 0.606. The van der Waals surface area contributed by atoms with Crippen LogP contribution in [0, 0.1) is 0 Å². The minimum Gasteiger partial charge on any atom is -0.479 e. The fourth-order valence-electron chi connectivity index (χ4n) is 1.54. The van der Waals surface area contributed by atoms with Crippen LogP contribution in [0.5, 0.6) is 0 Å². The second-order valence-electron chi connectivity index (χ2n) is 3.56. The van der Waals surface area contributed by atoms with E-state index < -0.39 is 11.5 Å². The molecule has 1 aromatic rings. The molecule has 0 saturated carbocycles. The summed E-state index contributed by atoms with van der Waals surface area (Å²) in [6.45, 7) is 1.69. The van der Waals surface area contributed by atoms with Gasteiger partial charge < -0.3 is 5.11 Å². The summed E-state index contributed by atoms with van der Waals surface area (Å²) < 4.78 is 0. The summed E-state index contributed by atoms with van der Waals surface area (Å²) in [5.41, 5.74) is -0.547. The van der Waals surface area contributed by atoms with Crippen molar-refractivity contribution in [3.05, 3.63) is 35.9 Å². The van der Waals surface area contributed by atoms with Crippen molar-refractivity contribution in [3.63, 3.8) is 0 Å². The van der Waals surface area contributed by atoms with E-state index in [2.05, 4.69) is 4.99 Å². The Morgan fingerprint density at radius 3 is 2.50 bits per heavy atom. The van der Waals surface area contributed by atoms with Gasteiger partial charge >= 0.3 is 5.97 Å². The van der Waals surface area contributed by atoms with E-state index >= 15 is 0 Å². The largest absolute Gasteiger partial charge is 0.479 e. The number of carboxylic acids is 1. The zero-order valence-electron chi connectivity index (χ0n) is 9.01. The normalized spacial score (nSPS) is 13.6. The molecule has 0 aliphatic rings. The second kappa shape index (κ2) is 5.24. The lowest BCUT2D eigenvalue weighted by atomic mass is 9.89. The standard InChI is InChI=1S/C12H13NO3/c1-2-12(11(15)16,13-9-14)8-10-6-4-3-5-7-10/h3-7H,2,8H2,1H3,(H,15,16). The molecule has 0 bridgehead atoms. The minimum absolute atomic E-state index is 0.203. The Kier molecular flexibility index (Phi) is 3.97. The van der Waals surface area contributed by atoms with Crippen LogP contribution < -0.4 is 0 Å². The summed E-state index contributed by atoms with van der Waals surface area (Å²) in [4.78, 5) is 25.0. The van der Waals surface area contributed by atoms with Gasteiger partial charge in [-0.05, 0) is 12.0 Å². The number of benzene rings is 1. The van der Waals surface area contributed by atoms with Gasteiger partial charge in [0.1, 0.15) is 0 Å². The van der Waals surface area contributed by atoms with Crippen LogP contribution in [0.25, 0.3) is 0 Å². The first kappa shape index (κ1) is 12.1. The Balaban J connectivity index is 3.04. The Bertz CT molecular complexity index is 406. The minimum atomic E-state index is -1.39. The first-order valence-corrected chi connectivity index (χ1v) is 5.01. The number of nitrogens with zero attached hydrogens (tertiary/aromatic N) is 1. The fraction of sp³-hybridized carbons (Fsp3) is 0.333. The van der Waals surface area contributed by atoms with Crippen LogP contribution in [-0.4, -0.2) is 22.7 Å². The highest BCUT2D eigenvalue weighted by Crippen LogP contribution is 2.22. The fourth-order valence-corrected chi connectivity index (χ4v) is 1.54. The molecular weight excluding hydrogens is 206 g/mol. The van der Waals surface area contributed by atoms with E-state index in [0.29, 0.717) is 0 Å². The summed E-state index contributed by atoms with van der Waals surface area (Å²) in [6.07, 6.45) is 1.82. The average molecular weight is 219 g/mol. The lowest BCUT2D eigenvalue weighted by Gasteiger charge is -2.21. The van der Waals surface area contributed by atoms with Gasteiger partial charge in [-0.25, -0.2) is 9.59 Å². The van der Waals surface area contributed by atoms with Crippen LogP contribution in [0.2, 0.25) is 0 Å². The Morgan fingerprint density at radius 1 is 1.44 bits per heavy atom. The number of rotatable bonds is 5. The van der Waals surface area contributed by atoms with Crippen molar-refractivity contribution in [1.82, 2.24) is 0 Å². The van der Waals surface area contributed by atoms with Crippen LogP contribution in [0.3, 0.4) is 0 Å². The molecule has 0 fully saturated rings. The van der Waals surface area contributed by atoms with Gasteiger partial charge in [0.2, 0.25) is 6.08 Å². The number of hydrogen-bond acceptors (Lipinski definition) is 3. The number of carbonyl (C=O) groups is 1. The summed E-state index contributed by atoms with van der Waals surface area (Å²) in [7, 11) is 0. The van der Waals surface area contributed by atoms with Crippen molar-refractivity contribution in [2.45, 2.75) is 25.3 Å². The molecule has 0 heterocycles. The summed E-state index contributed by atoms with van der Waals surface area (Å²) >= 11 is 0. The van der Waals surface area contributed by atoms with Crippen molar-refractivity contribution in [1.29, 1.82) is 0 Å². The predicted molar refractivity (Wildman–Crippen MR) is 58.9 cm³/mol. The number of hydrogen-bond donors (Lipinski definition) is 1. The van der Waals surface area contributed by atoms with Gasteiger partial charge in [-0.15, -0.1) is 0 Å². The first-order chi connectivity index (χ1) is 7.64. The maximum Gasteiger partial charge on any atom is 0.332 e. The molecule has 0 radical (unpaired) electrons. The summed E-state index contributed by atoms with van der Waals surface area (Å²) in [5, 5.41) is 9.14. The van der Waals surface area contributed by atoms with Gasteiger partial charge in [-0.3, -0.25) is 0 Å². The molecular formula is C12H13NO3. The number of aliphatic imine (C=N–C) groups is 1. The Labute approximate surface area is 93.6 Å². The molecule has 16 heavy (non-hydrogen) atoms. The molecule has 1 N–H and O–H groups in total. The van der Waals surface area contributed by atoms with Crippen LogP contribution in [0.1, 0.15) is 18.9 Å². The highest BCUT2D eigenvalue weighted by Gasteiger charge is 2.36. The molecule has 0 aliphatic carbocycles. The number of isocyanates is 1. The summed E-state index contributed by atoms with van der Waals surface area (Å²) in [5.74, 6) is -1.10. The van der Waals surface area contributed by atoms with Crippen molar-refractivity contribution in [2.24, 2.45) is 4.99 Å². The maximum atomic E-state index is 11.2. The smallest absolute Gasteiger partial charge is 0.332 e. The van der Waals surface area contributed by atoms with Crippen LogP contribution in [0.4, 0.5) is 0 Å². The van der Waals surface area contributed by atoms with Crippen molar-refractivity contribution in [2.75, 3.05) is 0 Å². The topological polar surface area (TPSA) is 66.7 Å². The summed E-state index contributed by atoms with van der Waals surface area (Å²) in [6, 6.07) is 9.12. The molecule has 0 amide bonds. The van der Waals surface area contributed by atoms with Gasteiger partial charge in [0.25, 0.3) is 0 Å². The number of carboxylic acid groups (broad SMARTS) is 1. The molecule has 1 rings (SSSR count). The average Bonchev–Trinajstić information content (AvgIpc) is 2.29. The highest BCUT2D eigenvalue weighted by atomic mass is 16.4. The Hall–Kier alpha value is -1.93. The molecule has 0 saturated heterocycles. The van der Waals surface area contributed by atoms with Crippen molar-refractivity contribution in [3.8, 4) is 0 Å². The third-order valence-electron chi connectivity index (χ3n) is 2.58. The zero-order chi connectivity index (χ0) is 12.0. The SMILES string of the molecule is CCC(Cc1ccccc1)(N=C=O)C(=O)O. The van der Waals surface area contributed by atoms with E-state index in [1.165, 1.54) is 6.08 Å². The van der Waals surface area contributed by atoms with E-state index in [-0.39, 0.29) is 12.8 Å². The lowest BCUT2D eigenvalue weighted by molar-refractivity contribution is -0.143. The molecule has 1 atom stereocenters. The molecule has 4 heteroatoms. The van der Waals surface area contributed by atoms with Crippen LogP contribution in [0.15, 0.2) is 35.3 Å². The molecule has 1 unspecified atom stereocenters. The van der Waals surface area contributed by atoms with Gasteiger partial charge in [0, 0.05) is 6.42 Å². The predicted octanol–water partition coefficient (Wildman–Crippen LogP) is 1.80. The van der Waals surface area contributed by atoms with Crippen LogP contribution in [-0.2, 0) is 16.0 Å². The lowest BCUT2D eigenvalue weighted by Crippen LogP contribution is -2.38. The Morgan fingerprint density at radius 2 is 2.06 bits per heavy atom. The van der Waals surface area contributed by atoms with Gasteiger partial charge in [-0.1, -0.05) is 37.3 Å². The van der Waals surface area contributed by atoms with E-state index in [0.717, 1.165) is 5.56 Å². The van der Waals surface area contributed by atoms with Gasteiger partial charge in [0.05, 0.1) is 0 Å². The van der Waals surface area contributed by atoms with E-state index in [1.54, 1.807) is 6.92 Å². The van der Waals surface area contributed by atoms with Crippen molar-refractivity contribution >= 4 is 12.0 Å². The third kappa shape index (κ3) is 2.55. The highest BCUT2D eigenvalue weighted by molar-refractivity contribution is 5.80. The van der Waals surface area contributed by atoms with E-state index in [4.69, 9.17) is 5.11 Å². The monoisotopic (exact) mass is 219 g/mol. The number of aliphatic carboxylic acids is 1. The molecule has 4 nitrogen and oxygen atoms in total. The number of carbonyl (C=O) groups excluding carboxylic acids is 1. The van der Waals surface area contributed by atoms with Gasteiger partial charge in [0.15, 0.2) is 5.54 Å². The third-order valence-corrected chi connectivity index (χ3v) is 2.58. The molecule has 1 aromatic carbocycles. The first-order valence-electron chi connectivity index (χ1n) is 5.01. The van der Waals surface area contributed by atoms with Crippen LogP contribution >= 0.6 is 0 Å².